The molecule has 1 atom stereocenters. The van der Waals surface area contributed by atoms with Crippen LogP contribution < -0.4 is 9.47 Å². The summed E-state index contributed by atoms with van der Waals surface area (Å²) >= 11 is 0. The van der Waals surface area contributed by atoms with Crippen molar-refractivity contribution in [3.05, 3.63) is 36.4 Å². The minimum absolute atomic E-state index is 0.122. The molecule has 1 aliphatic heterocycles. The molecule has 6 nitrogen and oxygen atoms in total. The predicted molar refractivity (Wildman–Crippen MR) is 58.1 cm³/mol. The van der Waals surface area contributed by atoms with E-state index in [2.05, 4.69) is 10.8 Å². The highest BCUT2D eigenvalue weighted by molar-refractivity contribution is 7.80. The average Bonchev–Trinajstić information content (AvgIpc) is 2.71. The van der Waals surface area contributed by atoms with Crippen molar-refractivity contribution in [2.75, 3.05) is 6.79 Å². The summed E-state index contributed by atoms with van der Waals surface area (Å²) in [6.45, 7) is 3.56. The molecule has 1 aromatic carbocycles. The molecule has 1 aliphatic rings. The molecule has 92 valence electrons. The summed E-state index contributed by atoms with van der Waals surface area (Å²) in [6, 6.07) is 4.80. The van der Waals surface area contributed by atoms with Gasteiger partial charge >= 0.3 is 10.4 Å². The zero-order chi connectivity index (χ0) is 12.5. The zero-order valence-corrected chi connectivity index (χ0v) is 9.51. The summed E-state index contributed by atoms with van der Waals surface area (Å²) in [5.74, 6) is 1.07. The minimum Gasteiger partial charge on any atom is -0.454 e. The van der Waals surface area contributed by atoms with Crippen LogP contribution in [0, 0.1) is 0 Å². The lowest BCUT2D eigenvalue weighted by atomic mass is 10.1. The van der Waals surface area contributed by atoms with Gasteiger partial charge in [-0.05, 0) is 17.7 Å². The summed E-state index contributed by atoms with van der Waals surface area (Å²) < 4.78 is 44.6. The van der Waals surface area contributed by atoms with Gasteiger partial charge < -0.3 is 9.47 Å². The Kier molecular flexibility index (Phi) is 3.05. The van der Waals surface area contributed by atoms with Gasteiger partial charge in [-0.25, -0.2) is 4.18 Å². The largest absolute Gasteiger partial charge is 0.454 e. The number of benzene rings is 1. The van der Waals surface area contributed by atoms with Crippen LogP contribution in [0.15, 0.2) is 30.9 Å². The lowest BCUT2D eigenvalue weighted by Gasteiger charge is -2.11. The van der Waals surface area contributed by atoms with Crippen LogP contribution in [0.1, 0.15) is 11.7 Å². The van der Waals surface area contributed by atoms with E-state index in [1.54, 1.807) is 18.2 Å². The van der Waals surface area contributed by atoms with Crippen LogP contribution in [-0.2, 0) is 14.6 Å². The third-order valence-corrected chi connectivity index (χ3v) is 2.62. The van der Waals surface area contributed by atoms with E-state index >= 15 is 0 Å². The van der Waals surface area contributed by atoms with Gasteiger partial charge in [0, 0.05) is 0 Å². The Bertz CT molecular complexity index is 536. The molecule has 0 saturated heterocycles. The van der Waals surface area contributed by atoms with Crippen molar-refractivity contribution in [2.45, 2.75) is 6.10 Å². The molecule has 2 rings (SSSR count). The summed E-state index contributed by atoms with van der Waals surface area (Å²) in [5.41, 5.74) is 0.488. The lowest BCUT2D eigenvalue weighted by Crippen LogP contribution is -2.08. The average molecular weight is 258 g/mol. The molecule has 1 N–H and O–H groups in total. The molecule has 1 aromatic rings. The summed E-state index contributed by atoms with van der Waals surface area (Å²) in [4.78, 5) is 0. The Hall–Kier alpha value is -1.57. The molecule has 0 aliphatic carbocycles. The first kappa shape index (κ1) is 11.9. The van der Waals surface area contributed by atoms with E-state index in [-0.39, 0.29) is 6.79 Å². The van der Waals surface area contributed by atoms with E-state index in [0.29, 0.717) is 17.1 Å². The van der Waals surface area contributed by atoms with Gasteiger partial charge in [0.25, 0.3) is 0 Å². The maximum Gasteiger partial charge on any atom is 0.398 e. The van der Waals surface area contributed by atoms with Crippen LogP contribution in [0.5, 0.6) is 11.5 Å². The Balaban J connectivity index is 2.29. The Morgan fingerprint density at radius 2 is 2.12 bits per heavy atom. The van der Waals surface area contributed by atoms with Crippen molar-refractivity contribution in [3.63, 3.8) is 0 Å². The lowest BCUT2D eigenvalue weighted by molar-refractivity contribution is 0.173. The standard InChI is InChI=1S/C10H10O6S/c1-2-8(16-17(11,12)13)7-3-4-9-10(5-7)15-6-14-9/h2-5,8H,1,6H2,(H,11,12,13). The van der Waals surface area contributed by atoms with Crippen molar-refractivity contribution in [1.29, 1.82) is 0 Å². The molecular weight excluding hydrogens is 248 g/mol. The number of ether oxygens (including phenoxy) is 2. The molecule has 0 spiro atoms. The Morgan fingerprint density at radius 1 is 1.41 bits per heavy atom. The first-order valence-electron chi connectivity index (χ1n) is 4.67. The van der Waals surface area contributed by atoms with E-state index in [1.165, 1.54) is 6.08 Å². The maximum absolute atomic E-state index is 10.6. The van der Waals surface area contributed by atoms with Gasteiger partial charge in [0.2, 0.25) is 6.79 Å². The molecule has 0 radical (unpaired) electrons. The number of hydrogen-bond acceptors (Lipinski definition) is 5. The second-order valence-corrected chi connectivity index (χ2v) is 4.34. The normalized spacial score (nSPS) is 15.6. The molecule has 0 aromatic heterocycles. The summed E-state index contributed by atoms with van der Waals surface area (Å²) in [7, 11) is -4.54. The van der Waals surface area contributed by atoms with Crippen LogP contribution in [-0.4, -0.2) is 19.8 Å². The van der Waals surface area contributed by atoms with Gasteiger partial charge in [-0.3, -0.25) is 4.55 Å². The molecule has 0 amide bonds. The first-order valence-corrected chi connectivity index (χ1v) is 6.04. The first-order chi connectivity index (χ1) is 7.99. The van der Waals surface area contributed by atoms with Gasteiger partial charge in [0.15, 0.2) is 11.5 Å². The summed E-state index contributed by atoms with van der Waals surface area (Å²) in [6.07, 6.45) is 0.283. The van der Waals surface area contributed by atoms with Crippen LogP contribution >= 0.6 is 0 Å². The third kappa shape index (κ3) is 2.76. The fourth-order valence-corrected chi connectivity index (χ4v) is 1.90. The fourth-order valence-electron chi connectivity index (χ4n) is 1.45. The van der Waals surface area contributed by atoms with Crippen molar-refractivity contribution in [2.24, 2.45) is 0 Å². The van der Waals surface area contributed by atoms with Crippen molar-refractivity contribution in [1.82, 2.24) is 0 Å². The number of hydrogen-bond donors (Lipinski definition) is 1. The number of rotatable bonds is 4. The van der Waals surface area contributed by atoms with Crippen molar-refractivity contribution in [3.8, 4) is 11.5 Å². The molecule has 1 heterocycles. The van der Waals surface area contributed by atoms with Crippen molar-refractivity contribution >= 4 is 10.4 Å². The molecule has 0 saturated carbocycles. The van der Waals surface area contributed by atoms with Crippen LogP contribution in [0.4, 0.5) is 0 Å². The highest BCUT2D eigenvalue weighted by Gasteiger charge is 2.20. The van der Waals surface area contributed by atoms with E-state index in [1.807, 2.05) is 0 Å². The highest BCUT2D eigenvalue weighted by atomic mass is 32.3. The molecular formula is C10H10O6S. The SMILES string of the molecule is C=CC(OS(=O)(=O)O)c1ccc2c(c1)OCO2. The topological polar surface area (TPSA) is 82.1 Å². The van der Waals surface area contributed by atoms with E-state index in [9.17, 15) is 8.42 Å². The van der Waals surface area contributed by atoms with Gasteiger partial charge in [-0.15, -0.1) is 6.58 Å². The monoisotopic (exact) mass is 258 g/mol. The molecule has 1 unspecified atom stereocenters. The molecule has 0 fully saturated rings. The van der Waals surface area contributed by atoms with Gasteiger partial charge in [-0.1, -0.05) is 12.1 Å². The Morgan fingerprint density at radius 3 is 2.76 bits per heavy atom. The zero-order valence-electron chi connectivity index (χ0n) is 8.70. The van der Waals surface area contributed by atoms with E-state index < -0.39 is 16.5 Å². The van der Waals surface area contributed by atoms with Gasteiger partial charge in [0.05, 0.1) is 0 Å². The van der Waals surface area contributed by atoms with Crippen LogP contribution in [0.3, 0.4) is 0 Å². The maximum atomic E-state index is 10.6. The summed E-state index contributed by atoms with van der Waals surface area (Å²) in [5, 5.41) is 0. The van der Waals surface area contributed by atoms with E-state index in [4.69, 9.17) is 14.0 Å². The fraction of sp³-hybridized carbons (Fsp3) is 0.200. The smallest absolute Gasteiger partial charge is 0.398 e. The van der Waals surface area contributed by atoms with E-state index in [0.717, 1.165) is 0 Å². The molecule has 7 heteroatoms. The quantitative estimate of drug-likeness (QED) is 0.650. The van der Waals surface area contributed by atoms with Crippen LogP contribution in [0.2, 0.25) is 0 Å². The van der Waals surface area contributed by atoms with Crippen molar-refractivity contribution < 1.29 is 26.6 Å². The van der Waals surface area contributed by atoms with Gasteiger partial charge in [0.1, 0.15) is 6.10 Å². The van der Waals surface area contributed by atoms with Gasteiger partial charge in [-0.2, -0.15) is 8.42 Å². The highest BCUT2D eigenvalue weighted by Crippen LogP contribution is 2.35. The Labute approximate surface area is 98.4 Å². The second kappa shape index (κ2) is 4.36. The third-order valence-electron chi connectivity index (χ3n) is 2.16. The number of fused-ring (bicyclic) bond motifs is 1. The minimum atomic E-state index is -4.54. The second-order valence-electron chi connectivity index (χ2n) is 3.29. The van der Waals surface area contributed by atoms with Crippen LogP contribution in [0.25, 0.3) is 0 Å². The molecule has 0 bridgehead atoms. The predicted octanol–water partition coefficient (Wildman–Crippen LogP) is 1.46. The molecule has 17 heavy (non-hydrogen) atoms.